The average Bonchev–Trinajstić information content (AvgIpc) is 2.39. The minimum Gasteiger partial charge on any atom is -0.481 e. The summed E-state index contributed by atoms with van der Waals surface area (Å²) >= 11 is 1.64. The highest BCUT2D eigenvalue weighted by atomic mass is 32.2. The second-order valence-corrected chi connectivity index (χ2v) is 8.84. The molecule has 0 aromatic heterocycles. The first-order chi connectivity index (χ1) is 9.49. The molecule has 0 amide bonds. The zero-order valence-electron chi connectivity index (χ0n) is 11.7. The van der Waals surface area contributed by atoms with Gasteiger partial charge < -0.3 is 5.11 Å². The van der Waals surface area contributed by atoms with E-state index in [0.29, 0.717) is 12.3 Å². The molecule has 0 aromatic carbocycles. The lowest BCUT2D eigenvalue weighted by atomic mass is 9.91. The lowest BCUT2D eigenvalue weighted by molar-refractivity contribution is -0.137. The fraction of sp³-hybridized carbons (Fsp3) is 0.923. The average molecular weight is 321 g/mol. The molecule has 2 rings (SSSR count). The molecule has 20 heavy (non-hydrogen) atoms. The first-order valence-corrected chi connectivity index (χ1v) is 10.0. The normalized spacial score (nSPS) is 26.5. The van der Waals surface area contributed by atoms with Crippen molar-refractivity contribution in [3.63, 3.8) is 0 Å². The van der Waals surface area contributed by atoms with Crippen molar-refractivity contribution in [2.24, 2.45) is 5.92 Å². The third kappa shape index (κ3) is 4.36. The van der Waals surface area contributed by atoms with Gasteiger partial charge in [-0.15, -0.1) is 0 Å². The SMILES string of the molecule is O=C(O)CC1CSCCN1S(=O)(=O)CC1CCCCC1. The van der Waals surface area contributed by atoms with Crippen LogP contribution in [0.25, 0.3) is 0 Å². The standard InChI is InChI=1S/C13H23NO4S2/c15-13(16)8-12-9-19-7-6-14(12)20(17,18)10-11-4-2-1-3-5-11/h11-12H,1-10H2,(H,15,16). The van der Waals surface area contributed by atoms with E-state index in [2.05, 4.69) is 0 Å². The van der Waals surface area contributed by atoms with Crippen molar-refractivity contribution in [2.75, 3.05) is 23.8 Å². The van der Waals surface area contributed by atoms with Crippen LogP contribution in [0.1, 0.15) is 38.5 Å². The Bertz CT molecular complexity index is 432. The Morgan fingerprint density at radius 2 is 1.95 bits per heavy atom. The number of carboxylic acid groups (broad SMARTS) is 1. The van der Waals surface area contributed by atoms with Crippen molar-refractivity contribution in [3.8, 4) is 0 Å². The van der Waals surface area contributed by atoms with Crippen molar-refractivity contribution in [1.29, 1.82) is 0 Å². The van der Waals surface area contributed by atoms with Crippen molar-refractivity contribution in [2.45, 2.75) is 44.6 Å². The Morgan fingerprint density at radius 3 is 2.60 bits per heavy atom. The predicted octanol–water partition coefficient (Wildman–Crippen LogP) is 1.79. The zero-order valence-corrected chi connectivity index (χ0v) is 13.3. The van der Waals surface area contributed by atoms with Crippen LogP contribution in [0.4, 0.5) is 0 Å². The molecule has 1 aliphatic heterocycles. The molecule has 2 fully saturated rings. The van der Waals surface area contributed by atoms with Crippen molar-refractivity contribution < 1.29 is 18.3 Å². The maximum atomic E-state index is 12.6. The summed E-state index contributed by atoms with van der Waals surface area (Å²) in [5.74, 6) is 0.897. The minimum atomic E-state index is -3.32. The van der Waals surface area contributed by atoms with Gasteiger partial charge in [0.05, 0.1) is 12.2 Å². The van der Waals surface area contributed by atoms with E-state index in [9.17, 15) is 13.2 Å². The van der Waals surface area contributed by atoms with Crippen LogP contribution in [0.5, 0.6) is 0 Å². The zero-order chi connectivity index (χ0) is 14.6. The molecule has 1 saturated carbocycles. The monoisotopic (exact) mass is 321 g/mol. The Morgan fingerprint density at radius 1 is 1.25 bits per heavy atom. The maximum absolute atomic E-state index is 12.6. The van der Waals surface area contributed by atoms with E-state index in [1.165, 1.54) is 10.7 Å². The van der Waals surface area contributed by atoms with Crippen LogP contribution in [-0.2, 0) is 14.8 Å². The fourth-order valence-electron chi connectivity index (χ4n) is 3.12. The molecular formula is C13H23NO4S2. The van der Waals surface area contributed by atoms with Crippen LogP contribution >= 0.6 is 11.8 Å². The highest BCUT2D eigenvalue weighted by Gasteiger charge is 2.35. The summed E-state index contributed by atoms with van der Waals surface area (Å²) < 4.78 is 26.6. The lowest BCUT2D eigenvalue weighted by Crippen LogP contribution is -2.48. The molecule has 0 radical (unpaired) electrons. The molecule has 1 atom stereocenters. The Hall–Kier alpha value is -0.270. The first-order valence-electron chi connectivity index (χ1n) is 7.28. The van der Waals surface area contributed by atoms with Crippen molar-refractivity contribution in [1.82, 2.24) is 4.31 Å². The van der Waals surface area contributed by atoms with Gasteiger partial charge in [-0.1, -0.05) is 19.3 Å². The number of carbonyl (C=O) groups is 1. The molecule has 1 unspecified atom stereocenters. The Labute approximate surface area is 125 Å². The van der Waals surface area contributed by atoms with Crippen LogP contribution in [-0.4, -0.2) is 53.6 Å². The van der Waals surface area contributed by atoms with E-state index in [-0.39, 0.29) is 24.1 Å². The largest absolute Gasteiger partial charge is 0.481 e. The van der Waals surface area contributed by atoms with Crippen LogP contribution in [0, 0.1) is 5.92 Å². The van der Waals surface area contributed by atoms with Gasteiger partial charge in [-0.05, 0) is 18.8 Å². The van der Waals surface area contributed by atoms with Gasteiger partial charge in [0.2, 0.25) is 10.0 Å². The first kappa shape index (κ1) is 16.1. The van der Waals surface area contributed by atoms with E-state index in [1.54, 1.807) is 11.8 Å². The van der Waals surface area contributed by atoms with Crippen LogP contribution in [0.2, 0.25) is 0 Å². The van der Waals surface area contributed by atoms with Gasteiger partial charge in [-0.2, -0.15) is 16.1 Å². The summed E-state index contributed by atoms with van der Waals surface area (Å²) in [5.41, 5.74) is 0. The molecule has 1 saturated heterocycles. The summed E-state index contributed by atoms with van der Waals surface area (Å²) in [6.07, 6.45) is 5.34. The summed E-state index contributed by atoms with van der Waals surface area (Å²) in [6, 6.07) is -0.375. The predicted molar refractivity (Wildman–Crippen MR) is 80.4 cm³/mol. The van der Waals surface area contributed by atoms with E-state index < -0.39 is 16.0 Å². The van der Waals surface area contributed by atoms with Crippen molar-refractivity contribution >= 4 is 27.8 Å². The van der Waals surface area contributed by atoms with Gasteiger partial charge in [0.15, 0.2) is 0 Å². The van der Waals surface area contributed by atoms with Crippen LogP contribution in [0.15, 0.2) is 0 Å². The number of rotatable bonds is 5. The van der Waals surface area contributed by atoms with Crippen LogP contribution < -0.4 is 0 Å². The third-order valence-electron chi connectivity index (χ3n) is 4.11. The molecular weight excluding hydrogens is 298 g/mol. The molecule has 2 aliphatic rings. The smallest absolute Gasteiger partial charge is 0.305 e. The number of sulfonamides is 1. The quantitative estimate of drug-likeness (QED) is 0.835. The van der Waals surface area contributed by atoms with Crippen LogP contribution in [0.3, 0.4) is 0 Å². The number of carboxylic acids is 1. The number of nitrogens with zero attached hydrogens (tertiary/aromatic N) is 1. The highest BCUT2D eigenvalue weighted by molar-refractivity contribution is 7.99. The highest BCUT2D eigenvalue weighted by Crippen LogP contribution is 2.28. The summed E-state index contributed by atoms with van der Waals surface area (Å²) in [7, 11) is -3.32. The number of aliphatic carboxylic acids is 1. The van der Waals surface area contributed by atoms with E-state index in [0.717, 1.165) is 31.4 Å². The molecule has 116 valence electrons. The summed E-state index contributed by atoms with van der Waals surface area (Å²) in [4.78, 5) is 10.9. The molecule has 1 heterocycles. The second kappa shape index (κ2) is 7.13. The van der Waals surface area contributed by atoms with Gasteiger partial charge in [0, 0.05) is 24.1 Å². The molecule has 1 N–H and O–H groups in total. The Kier molecular flexibility index (Phi) is 5.74. The number of hydrogen-bond donors (Lipinski definition) is 1. The minimum absolute atomic E-state index is 0.0864. The topological polar surface area (TPSA) is 74.7 Å². The molecule has 0 bridgehead atoms. The third-order valence-corrected chi connectivity index (χ3v) is 7.29. The maximum Gasteiger partial charge on any atom is 0.305 e. The second-order valence-electron chi connectivity index (χ2n) is 5.72. The summed E-state index contributed by atoms with van der Waals surface area (Å²) in [6.45, 7) is 0.456. The van der Waals surface area contributed by atoms with Gasteiger partial charge in [-0.3, -0.25) is 4.79 Å². The molecule has 1 aliphatic carbocycles. The molecule has 5 nitrogen and oxygen atoms in total. The lowest BCUT2D eigenvalue weighted by Gasteiger charge is -2.35. The van der Waals surface area contributed by atoms with Gasteiger partial charge in [-0.25, -0.2) is 8.42 Å². The van der Waals surface area contributed by atoms with E-state index in [4.69, 9.17) is 5.11 Å². The van der Waals surface area contributed by atoms with E-state index >= 15 is 0 Å². The van der Waals surface area contributed by atoms with Gasteiger partial charge in [0.25, 0.3) is 0 Å². The number of thioether (sulfide) groups is 1. The molecule has 0 aromatic rings. The van der Waals surface area contributed by atoms with Gasteiger partial charge >= 0.3 is 5.97 Å². The van der Waals surface area contributed by atoms with Gasteiger partial charge in [0.1, 0.15) is 0 Å². The van der Waals surface area contributed by atoms with E-state index in [1.807, 2.05) is 0 Å². The summed E-state index contributed by atoms with van der Waals surface area (Å²) in [5, 5.41) is 8.94. The molecule has 0 spiro atoms. The van der Waals surface area contributed by atoms with Crippen molar-refractivity contribution in [3.05, 3.63) is 0 Å². The molecule has 7 heteroatoms. The fourth-order valence-corrected chi connectivity index (χ4v) is 6.48. The Balaban J connectivity index is 2.02. The number of hydrogen-bond acceptors (Lipinski definition) is 4.